The van der Waals surface area contributed by atoms with Crippen molar-refractivity contribution in [2.75, 3.05) is 0 Å². The van der Waals surface area contributed by atoms with Crippen LogP contribution in [-0.2, 0) is 9.59 Å². The van der Waals surface area contributed by atoms with Crippen molar-refractivity contribution < 1.29 is 14.7 Å². The first-order valence-corrected chi connectivity index (χ1v) is 3.18. The Kier molecular flexibility index (Phi) is 8.01. The molecule has 11 heavy (non-hydrogen) atoms. The second kappa shape index (κ2) is 7.01. The van der Waals surface area contributed by atoms with Crippen LogP contribution in [0, 0.1) is 0 Å². The Bertz CT molecular complexity index is 134. The first-order chi connectivity index (χ1) is 4.91. The molecule has 66 valence electrons. The predicted molar refractivity (Wildman–Crippen MR) is 40.8 cm³/mol. The normalized spacial score (nSPS) is 10.8. The number of hydrogen-bond acceptors (Lipinski definition) is 3. The summed E-state index contributed by atoms with van der Waals surface area (Å²) in [6.45, 7) is 3.14. The quantitative estimate of drug-likeness (QED) is 0.499. The number of carboxylic acids is 1. The standard InChI is InChI=1S/C3H7NO2.C3H7NO/c1-2(4)3(5)6;1-2-3(4)5/h2H,4H2,1H3,(H,5,6);2H2,1H3,(H2,4,5). The molecule has 1 amide bonds. The summed E-state index contributed by atoms with van der Waals surface area (Å²) < 4.78 is 0. The number of aliphatic carboxylic acids is 1. The first kappa shape index (κ1) is 12.6. The van der Waals surface area contributed by atoms with Crippen molar-refractivity contribution in [2.24, 2.45) is 11.5 Å². The third kappa shape index (κ3) is 17.6. The minimum Gasteiger partial charge on any atom is -0.480 e. The molecule has 5 nitrogen and oxygen atoms in total. The van der Waals surface area contributed by atoms with Crippen molar-refractivity contribution in [3.05, 3.63) is 0 Å². The summed E-state index contributed by atoms with van der Waals surface area (Å²) in [5.41, 5.74) is 9.49. The molecule has 5 heteroatoms. The van der Waals surface area contributed by atoms with Gasteiger partial charge in [-0.25, -0.2) is 0 Å². The molecule has 1 unspecified atom stereocenters. The fourth-order valence-electron chi connectivity index (χ4n) is 0. The van der Waals surface area contributed by atoms with Crippen LogP contribution in [0.15, 0.2) is 0 Å². The number of carboxylic acid groups (broad SMARTS) is 1. The molecule has 0 aliphatic heterocycles. The fourth-order valence-corrected chi connectivity index (χ4v) is 0. The van der Waals surface area contributed by atoms with Crippen LogP contribution in [0.3, 0.4) is 0 Å². The van der Waals surface area contributed by atoms with E-state index in [1.54, 1.807) is 6.92 Å². The van der Waals surface area contributed by atoms with Gasteiger partial charge in [0.05, 0.1) is 0 Å². The molecule has 0 spiro atoms. The number of primary amides is 1. The Balaban J connectivity index is 0. The van der Waals surface area contributed by atoms with E-state index in [1.807, 2.05) is 0 Å². The van der Waals surface area contributed by atoms with Crippen LogP contribution in [0.25, 0.3) is 0 Å². The third-order valence-corrected chi connectivity index (χ3v) is 0.738. The van der Waals surface area contributed by atoms with Gasteiger partial charge in [0.15, 0.2) is 0 Å². The van der Waals surface area contributed by atoms with Crippen LogP contribution < -0.4 is 11.5 Å². The van der Waals surface area contributed by atoms with Crippen molar-refractivity contribution in [3.8, 4) is 0 Å². The molecular formula is C6H14N2O3. The Morgan fingerprint density at radius 1 is 1.55 bits per heavy atom. The highest BCUT2D eigenvalue weighted by Gasteiger charge is 1.99. The van der Waals surface area contributed by atoms with E-state index in [1.165, 1.54) is 6.92 Å². The average molecular weight is 162 g/mol. The van der Waals surface area contributed by atoms with E-state index in [0.717, 1.165) is 0 Å². The van der Waals surface area contributed by atoms with Crippen LogP contribution in [0.1, 0.15) is 20.3 Å². The second-order valence-corrected chi connectivity index (χ2v) is 1.95. The minimum atomic E-state index is -0.963. The highest BCUT2D eigenvalue weighted by atomic mass is 16.4. The molecule has 0 aliphatic carbocycles. The highest BCUT2D eigenvalue weighted by molar-refractivity contribution is 5.73. The molecule has 0 aromatic rings. The number of carbonyl (C=O) groups is 2. The molecule has 1 atom stereocenters. The summed E-state index contributed by atoms with van der Waals surface area (Å²) in [6, 6.07) is -0.731. The summed E-state index contributed by atoms with van der Waals surface area (Å²) in [5.74, 6) is -1.21. The number of amides is 1. The lowest BCUT2D eigenvalue weighted by Crippen LogP contribution is -2.25. The molecule has 5 N–H and O–H groups in total. The van der Waals surface area contributed by atoms with Crippen LogP contribution in [0.4, 0.5) is 0 Å². The smallest absolute Gasteiger partial charge is 0.320 e. The number of nitrogens with two attached hydrogens (primary N) is 2. The zero-order valence-corrected chi connectivity index (χ0v) is 6.70. The lowest BCUT2D eigenvalue weighted by Gasteiger charge is -1.90. The van der Waals surface area contributed by atoms with E-state index in [2.05, 4.69) is 5.73 Å². The number of rotatable bonds is 2. The molecule has 0 fully saturated rings. The molecule has 0 saturated heterocycles. The van der Waals surface area contributed by atoms with Crippen molar-refractivity contribution in [3.63, 3.8) is 0 Å². The molecule has 0 saturated carbocycles. The lowest BCUT2D eigenvalue weighted by molar-refractivity contribution is -0.138. The van der Waals surface area contributed by atoms with Crippen molar-refractivity contribution >= 4 is 11.9 Å². The third-order valence-electron chi connectivity index (χ3n) is 0.738. The minimum absolute atomic E-state index is 0.245. The summed E-state index contributed by atoms with van der Waals surface area (Å²) in [4.78, 5) is 19.2. The zero-order chi connectivity index (χ0) is 9.44. The lowest BCUT2D eigenvalue weighted by atomic mass is 10.4. The molecule has 0 aromatic carbocycles. The summed E-state index contributed by atoms with van der Waals surface area (Å²) in [6.07, 6.45) is 0.444. The van der Waals surface area contributed by atoms with Gasteiger partial charge in [0, 0.05) is 6.42 Å². The largest absolute Gasteiger partial charge is 0.480 e. The van der Waals surface area contributed by atoms with Gasteiger partial charge in [0.1, 0.15) is 6.04 Å². The van der Waals surface area contributed by atoms with Crippen LogP contribution >= 0.6 is 0 Å². The van der Waals surface area contributed by atoms with Gasteiger partial charge in [-0.1, -0.05) is 6.92 Å². The first-order valence-electron chi connectivity index (χ1n) is 3.18. The summed E-state index contributed by atoms with van der Waals surface area (Å²) in [5, 5.41) is 7.87. The monoisotopic (exact) mass is 162 g/mol. The summed E-state index contributed by atoms with van der Waals surface area (Å²) in [7, 11) is 0. The zero-order valence-electron chi connectivity index (χ0n) is 6.70. The Labute approximate surface area is 65.4 Å². The molecular weight excluding hydrogens is 148 g/mol. The maximum atomic E-state index is 9.59. The fraction of sp³-hybridized carbons (Fsp3) is 0.667. The van der Waals surface area contributed by atoms with Crippen molar-refractivity contribution in [2.45, 2.75) is 26.3 Å². The molecule has 0 bridgehead atoms. The Morgan fingerprint density at radius 3 is 1.73 bits per heavy atom. The molecule has 0 radical (unpaired) electrons. The van der Waals surface area contributed by atoms with Gasteiger partial charge in [-0.2, -0.15) is 0 Å². The average Bonchev–Trinajstić information content (AvgIpc) is 1.89. The molecule has 0 rings (SSSR count). The molecule has 0 heterocycles. The predicted octanol–water partition coefficient (Wildman–Crippen LogP) is -0.700. The van der Waals surface area contributed by atoms with E-state index in [4.69, 9.17) is 10.8 Å². The molecule has 0 aromatic heterocycles. The van der Waals surface area contributed by atoms with Gasteiger partial charge in [0.2, 0.25) is 5.91 Å². The van der Waals surface area contributed by atoms with Gasteiger partial charge < -0.3 is 16.6 Å². The van der Waals surface area contributed by atoms with Gasteiger partial charge in [-0.15, -0.1) is 0 Å². The van der Waals surface area contributed by atoms with Gasteiger partial charge in [-0.05, 0) is 6.92 Å². The van der Waals surface area contributed by atoms with E-state index in [-0.39, 0.29) is 5.91 Å². The van der Waals surface area contributed by atoms with Gasteiger partial charge in [-0.3, -0.25) is 9.59 Å². The second-order valence-electron chi connectivity index (χ2n) is 1.95. The van der Waals surface area contributed by atoms with E-state index >= 15 is 0 Å². The Hall–Kier alpha value is -1.10. The maximum absolute atomic E-state index is 9.59. The maximum Gasteiger partial charge on any atom is 0.320 e. The summed E-state index contributed by atoms with van der Waals surface area (Å²) >= 11 is 0. The van der Waals surface area contributed by atoms with Crippen LogP contribution in [0.5, 0.6) is 0 Å². The SMILES string of the molecule is CC(N)C(=O)O.CCC(N)=O. The van der Waals surface area contributed by atoms with Crippen LogP contribution in [0.2, 0.25) is 0 Å². The van der Waals surface area contributed by atoms with Crippen molar-refractivity contribution in [1.82, 2.24) is 0 Å². The van der Waals surface area contributed by atoms with Crippen LogP contribution in [-0.4, -0.2) is 23.0 Å². The van der Waals surface area contributed by atoms with E-state index in [0.29, 0.717) is 6.42 Å². The Morgan fingerprint density at radius 2 is 1.73 bits per heavy atom. The molecule has 0 aliphatic rings. The van der Waals surface area contributed by atoms with Gasteiger partial charge in [0.25, 0.3) is 0 Å². The number of carbonyl (C=O) groups excluding carboxylic acids is 1. The van der Waals surface area contributed by atoms with E-state index < -0.39 is 12.0 Å². The topological polar surface area (TPSA) is 106 Å². The van der Waals surface area contributed by atoms with E-state index in [9.17, 15) is 9.59 Å². The van der Waals surface area contributed by atoms with Crippen molar-refractivity contribution in [1.29, 1.82) is 0 Å². The highest BCUT2D eigenvalue weighted by Crippen LogP contribution is 1.68. The van der Waals surface area contributed by atoms with Gasteiger partial charge >= 0.3 is 5.97 Å². The number of hydrogen-bond donors (Lipinski definition) is 3.